The van der Waals surface area contributed by atoms with Gasteiger partial charge in [0, 0.05) is 18.1 Å². The molecule has 0 radical (unpaired) electrons. The Balaban J connectivity index is 1.37. The molecule has 1 heterocycles. The van der Waals surface area contributed by atoms with Crippen LogP contribution in [-0.4, -0.2) is 43.4 Å². The molecule has 0 bridgehead atoms. The van der Waals surface area contributed by atoms with Crippen LogP contribution in [0.15, 0.2) is 29.4 Å². The van der Waals surface area contributed by atoms with Gasteiger partial charge in [-0.2, -0.15) is 0 Å². The molecule has 3 aliphatic carbocycles. The van der Waals surface area contributed by atoms with Crippen molar-refractivity contribution in [2.45, 2.75) is 120 Å². The Bertz CT molecular complexity index is 959. The number of carbonyl (C=O) groups excluding carboxylic acids is 1. The molecule has 7 heteroatoms. The first-order chi connectivity index (χ1) is 17.2. The predicted molar refractivity (Wildman–Crippen MR) is 139 cm³/mol. The topological polar surface area (TPSA) is 51.0 Å². The molecule has 0 N–H and O–H groups in total. The summed E-state index contributed by atoms with van der Waals surface area (Å²) >= 11 is 1.50. The fraction of sp³-hybridized carbons (Fsp3) is 0.679. The highest BCUT2D eigenvalue weighted by Crippen LogP contribution is 2.37. The minimum absolute atomic E-state index is 0.249. The number of hydrogen-bond donors (Lipinski definition) is 0. The van der Waals surface area contributed by atoms with Gasteiger partial charge in [-0.1, -0.05) is 81.7 Å². The molecule has 1 amide bonds. The zero-order valence-corrected chi connectivity index (χ0v) is 21.7. The summed E-state index contributed by atoms with van der Waals surface area (Å²) in [7, 11) is 0. The molecule has 35 heavy (non-hydrogen) atoms. The van der Waals surface area contributed by atoms with Gasteiger partial charge >= 0.3 is 0 Å². The average molecular weight is 499 g/mol. The van der Waals surface area contributed by atoms with E-state index in [9.17, 15) is 9.18 Å². The molecule has 0 aliphatic heterocycles. The minimum Gasteiger partial charge on any atom is -0.336 e. The molecule has 0 atom stereocenters. The number of benzene rings is 1. The molecule has 3 aliphatic rings. The number of carbonyl (C=O) groups is 1. The van der Waals surface area contributed by atoms with E-state index in [-0.39, 0.29) is 17.8 Å². The van der Waals surface area contributed by atoms with Crippen LogP contribution in [0.1, 0.15) is 102 Å². The van der Waals surface area contributed by atoms with E-state index in [1.807, 2.05) is 6.07 Å². The fourth-order valence-corrected chi connectivity index (χ4v) is 7.37. The van der Waals surface area contributed by atoms with Crippen molar-refractivity contribution in [3.8, 4) is 11.4 Å². The van der Waals surface area contributed by atoms with Crippen molar-refractivity contribution in [3.05, 3.63) is 30.1 Å². The first-order valence-electron chi connectivity index (χ1n) is 13.9. The van der Waals surface area contributed by atoms with E-state index in [0.29, 0.717) is 29.2 Å². The highest BCUT2D eigenvalue weighted by Gasteiger charge is 2.33. The van der Waals surface area contributed by atoms with Crippen LogP contribution in [-0.2, 0) is 4.79 Å². The van der Waals surface area contributed by atoms with Gasteiger partial charge in [0.15, 0.2) is 11.0 Å². The maximum Gasteiger partial charge on any atom is 0.233 e. The third kappa shape index (κ3) is 5.76. The zero-order valence-electron chi connectivity index (χ0n) is 20.8. The monoisotopic (exact) mass is 498 g/mol. The standard InChI is InChI=1S/C28H39FN4OS/c29-25-19-11-10-18-24(25)27-30-31-28(33(27)23-16-8-3-9-17-23)35-20-26(34)32(21-12-4-1-5-13-21)22-14-6-2-7-15-22/h10-11,18-19,21-23H,1-9,12-17,20H2. The van der Waals surface area contributed by atoms with Crippen LogP contribution >= 0.6 is 11.8 Å². The Morgan fingerprint density at radius 3 is 2.03 bits per heavy atom. The first kappa shape index (κ1) is 24.8. The van der Waals surface area contributed by atoms with E-state index in [1.165, 1.54) is 75.6 Å². The molecule has 0 unspecified atom stereocenters. The second kappa shape index (κ2) is 11.9. The van der Waals surface area contributed by atoms with E-state index >= 15 is 0 Å². The Labute approximate surface area is 213 Å². The first-order valence-corrected chi connectivity index (χ1v) is 14.8. The van der Waals surface area contributed by atoms with Gasteiger partial charge in [0.05, 0.1) is 11.3 Å². The highest BCUT2D eigenvalue weighted by atomic mass is 32.2. The molecular formula is C28H39FN4OS. The third-order valence-electron chi connectivity index (χ3n) is 8.27. The van der Waals surface area contributed by atoms with Crippen molar-refractivity contribution in [1.82, 2.24) is 19.7 Å². The fourth-order valence-electron chi connectivity index (χ4n) is 6.49. The smallest absolute Gasteiger partial charge is 0.233 e. The maximum absolute atomic E-state index is 14.7. The van der Waals surface area contributed by atoms with Gasteiger partial charge in [-0.3, -0.25) is 9.36 Å². The number of amides is 1. The summed E-state index contributed by atoms with van der Waals surface area (Å²) in [4.78, 5) is 16.0. The molecule has 0 spiro atoms. The average Bonchev–Trinajstić information content (AvgIpc) is 3.33. The molecule has 1 aromatic carbocycles. The van der Waals surface area contributed by atoms with Crippen LogP contribution in [0, 0.1) is 5.82 Å². The predicted octanol–water partition coefficient (Wildman–Crippen LogP) is 7.18. The second-order valence-electron chi connectivity index (χ2n) is 10.6. The van der Waals surface area contributed by atoms with Crippen molar-refractivity contribution < 1.29 is 9.18 Å². The zero-order chi connectivity index (χ0) is 24.0. The van der Waals surface area contributed by atoms with Gasteiger partial charge in [0.25, 0.3) is 0 Å². The normalized spacial score (nSPS) is 20.7. The summed E-state index contributed by atoms with van der Waals surface area (Å²) in [5.41, 5.74) is 0.495. The van der Waals surface area contributed by atoms with Gasteiger partial charge in [-0.15, -0.1) is 10.2 Å². The van der Waals surface area contributed by atoms with Crippen LogP contribution in [0.4, 0.5) is 4.39 Å². The van der Waals surface area contributed by atoms with E-state index in [0.717, 1.165) is 43.7 Å². The van der Waals surface area contributed by atoms with Crippen molar-refractivity contribution in [2.24, 2.45) is 0 Å². The maximum atomic E-state index is 14.7. The lowest BCUT2D eigenvalue weighted by Crippen LogP contribution is -2.49. The molecule has 1 aromatic heterocycles. The lowest BCUT2D eigenvalue weighted by Gasteiger charge is -2.41. The van der Waals surface area contributed by atoms with E-state index in [1.54, 1.807) is 12.1 Å². The van der Waals surface area contributed by atoms with Crippen molar-refractivity contribution in [3.63, 3.8) is 0 Å². The molecule has 190 valence electrons. The number of hydrogen-bond acceptors (Lipinski definition) is 4. The summed E-state index contributed by atoms with van der Waals surface area (Å²) in [6.07, 6.45) is 17.8. The summed E-state index contributed by atoms with van der Waals surface area (Å²) in [6, 6.07) is 7.87. The highest BCUT2D eigenvalue weighted by molar-refractivity contribution is 7.99. The summed E-state index contributed by atoms with van der Waals surface area (Å²) in [6.45, 7) is 0. The largest absolute Gasteiger partial charge is 0.336 e. The van der Waals surface area contributed by atoms with Gasteiger partial charge in [-0.05, 0) is 50.7 Å². The molecule has 2 aromatic rings. The number of rotatable bonds is 7. The van der Waals surface area contributed by atoms with Gasteiger partial charge < -0.3 is 4.90 Å². The molecular weight excluding hydrogens is 459 g/mol. The van der Waals surface area contributed by atoms with Crippen LogP contribution < -0.4 is 0 Å². The molecule has 5 rings (SSSR count). The molecule has 3 saturated carbocycles. The SMILES string of the molecule is O=C(CSc1nnc(-c2ccccc2F)n1C1CCCCC1)N(C1CCCCC1)C1CCCCC1. The van der Waals surface area contributed by atoms with E-state index < -0.39 is 0 Å². The summed E-state index contributed by atoms with van der Waals surface area (Å²) < 4.78 is 16.9. The van der Waals surface area contributed by atoms with Crippen LogP contribution in [0.5, 0.6) is 0 Å². The Kier molecular flexibility index (Phi) is 8.43. The van der Waals surface area contributed by atoms with Crippen molar-refractivity contribution in [2.75, 3.05) is 5.75 Å². The van der Waals surface area contributed by atoms with E-state index in [4.69, 9.17) is 0 Å². The summed E-state index contributed by atoms with van der Waals surface area (Å²) in [5, 5.41) is 9.72. The lowest BCUT2D eigenvalue weighted by atomic mass is 9.88. The minimum atomic E-state index is -0.273. The van der Waals surface area contributed by atoms with E-state index in [2.05, 4.69) is 19.7 Å². The van der Waals surface area contributed by atoms with Crippen LogP contribution in [0.3, 0.4) is 0 Å². The van der Waals surface area contributed by atoms with Crippen LogP contribution in [0.2, 0.25) is 0 Å². The van der Waals surface area contributed by atoms with Gasteiger partial charge in [-0.25, -0.2) is 4.39 Å². The van der Waals surface area contributed by atoms with Gasteiger partial charge in [0.1, 0.15) is 5.82 Å². The Morgan fingerprint density at radius 1 is 0.857 bits per heavy atom. The number of thioether (sulfide) groups is 1. The quantitative estimate of drug-likeness (QED) is 0.380. The number of nitrogens with zero attached hydrogens (tertiary/aromatic N) is 4. The Morgan fingerprint density at radius 2 is 1.43 bits per heavy atom. The number of halogens is 1. The number of aromatic nitrogens is 3. The summed E-state index contributed by atoms with van der Waals surface area (Å²) in [5.74, 6) is 0.959. The van der Waals surface area contributed by atoms with Gasteiger partial charge in [0.2, 0.25) is 5.91 Å². The molecule has 3 fully saturated rings. The molecule has 0 saturated heterocycles. The van der Waals surface area contributed by atoms with Crippen LogP contribution in [0.25, 0.3) is 11.4 Å². The third-order valence-corrected chi connectivity index (χ3v) is 9.20. The van der Waals surface area contributed by atoms with Crippen molar-refractivity contribution >= 4 is 17.7 Å². The second-order valence-corrected chi connectivity index (χ2v) is 11.6. The molecule has 5 nitrogen and oxygen atoms in total. The Hall–Kier alpha value is -1.89. The van der Waals surface area contributed by atoms with Crippen molar-refractivity contribution in [1.29, 1.82) is 0 Å². The lowest BCUT2D eigenvalue weighted by molar-refractivity contribution is -0.135.